The average Bonchev–Trinajstić information content (AvgIpc) is 3.46. The number of benzene rings is 1. The van der Waals surface area contributed by atoms with Crippen molar-refractivity contribution in [1.29, 1.82) is 0 Å². The monoisotopic (exact) mass is 409 g/mol. The van der Waals surface area contributed by atoms with Crippen molar-refractivity contribution in [3.05, 3.63) is 64.4 Å². The summed E-state index contributed by atoms with van der Waals surface area (Å²) in [7, 11) is 1.61. The normalized spacial score (nSPS) is 20.6. The summed E-state index contributed by atoms with van der Waals surface area (Å²) in [5.74, 6) is 0.490. The van der Waals surface area contributed by atoms with E-state index in [1.807, 2.05) is 52.1 Å². The van der Waals surface area contributed by atoms with Crippen LogP contribution in [-0.2, 0) is 12.2 Å². The second kappa shape index (κ2) is 6.41. The summed E-state index contributed by atoms with van der Waals surface area (Å²) in [6.07, 6.45) is 1.89. The van der Waals surface area contributed by atoms with Crippen molar-refractivity contribution in [2.75, 3.05) is 20.2 Å². The third-order valence-electron chi connectivity index (χ3n) is 5.77. The SMILES string of the molecule is COc1ccc(C23Cn4cccc4C(=O)N2CCN3C(=O)c2snnc2C)cc1. The first-order valence-electron chi connectivity index (χ1n) is 9.29. The standard InChI is InChI=1S/C20H19N5O3S/c1-13-17(29-22-21-13)19(27)25-11-10-24-18(26)16-4-3-9-23(16)12-20(24,25)14-5-7-15(28-2)8-6-14/h3-9H,10-12H2,1-2H3. The zero-order chi connectivity index (χ0) is 20.2. The van der Waals surface area contributed by atoms with Gasteiger partial charge in [-0.25, -0.2) is 0 Å². The molecule has 148 valence electrons. The highest BCUT2D eigenvalue weighted by Gasteiger charge is 2.56. The molecule has 2 aromatic heterocycles. The minimum absolute atomic E-state index is 0.0773. The van der Waals surface area contributed by atoms with Crippen molar-refractivity contribution in [3.63, 3.8) is 0 Å². The summed E-state index contributed by atoms with van der Waals surface area (Å²) >= 11 is 1.09. The Morgan fingerprint density at radius 2 is 2.00 bits per heavy atom. The Kier molecular flexibility index (Phi) is 3.95. The molecule has 4 heterocycles. The van der Waals surface area contributed by atoms with Gasteiger partial charge < -0.3 is 19.1 Å². The molecular formula is C20H19N5O3S. The number of ether oxygens (including phenoxy) is 1. The van der Waals surface area contributed by atoms with E-state index < -0.39 is 5.66 Å². The van der Waals surface area contributed by atoms with Crippen LogP contribution in [0.4, 0.5) is 0 Å². The zero-order valence-corrected chi connectivity index (χ0v) is 16.8. The van der Waals surface area contributed by atoms with Crippen LogP contribution in [-0.4, -0.2) is 56.0 Å². The van der Waals surface area contributed by atoms with E-state index in [2.05, 4.69) is 9.59 Å². The summed E-state index contributed by atoms with van der Waals surface area (Å²) in [5.41, 5.74) is 1.20. The number of aryl methyl sites for hydroxylation is 1. The largest absolute Gasteiger partial charge is 0.497 e. The van der Waals surface area contributed by atoms with Gasteiger partial charge in [-0.2, -0.15) is 0 Å². The molecule has 2 amide bonds. The molecule has 2 aliphatic heterocycles. The van der Waals surface area contributed by atoms with Gasteiger partial charge in [0, 0.05) is 24.8 Å². The molecule has 5 rings (SSSR count). The molecule has 29 heavy (non-hydrogen) atoms. The molecule has 1 unspecified atom stereocenters. The predicted octanol–water partition coefficient (Wildman–Crippen LogP) is 2.12. The predicted molar refractivity (Wildman–Crippen MR) is 106 cm³/mol. The molecule has 0 aliphatic carbocycles. The zero-order valence-electron chi connectivity index (χ0n) is 16.0. The molecule has 1 atom stereocenters. The number of nitrogens with zero attached hydrogens (tertiary/aromatic N) is 5. The van der Waals surface area contributed by atoms with Gasteiger partial charge in [0.05, 0.1) is 19.3 Å². The van der Waals surface area contributed by atoms with Crippen molar-refractivity contribution in [2.24, 2.45) is 0 Å². The van der Waals surface area contributed by atoms with Gasteiger partial charge >= 0.3 is 0 Å². The number of hydrogen-bond donors (Lipinski definition) is 0. The molecule has 3 aromatic rings. The molecule has 1 fully saturated rings. The van der Waals surface area contributed by atoms with Crippen LogP contribution in [0.2, 0.25) is 0 Å². The highest BCUT2D eigenvalue weighted by Crippen LogP contribution is 2.44. The first kappa shape index (κ1) is 17.9. The van der Waals surface area contributed by atoms with Gasteiger partial charge in [0.1, 0.15) is 16.3 Å². The van der Waals surface area contributed by atoms with Gasteiger partial charge in [-0.05, 0) is 42.7 Å². The third-order valence-corrected chi connectivity index (χ3v) is 6.58. The molecule has 1 saturated heterocycles. The molecule has 0 radical (unpaired) electrons. The fourth-order valence-electron chi connectivity index (χ4n) is 4.36. The Bertz CT molecular complexity index is 1110. The molecule has 1 aromatic carbocycles. The van der Waals surface area contributed by atoms with Crippen molar-refractivity contribution in [1.82, 2.24) is 24.0 Å². The average molecular weight is 409 g/mol. The summed E-state index contributed by atoms with van der Waals surface area (Å²) in [5, 5.41) is 3.99. The molecule has 9 heteroatoms. The van der Waals surface area contributed by atoms with Gasteiger partial charge in [-0.3, -0.25) is 9.59 Å². The molecule has 0 saturated carbocycles. The topological polar surface area (TPSA) is 80.6 Å². The Morgan fingerprint density at radius 1 is 1.21 bits per heavy atom. The molecular weight excluding hydrogens is 390 g/mol. The van der Waals surface area contributed by atoms with Gasteiger partial charge in [-0.15, -0.1) is 5.10 Å². The maximum atomic E-state index is 13.5. The highest BCUT2D eigenvalue weighted by atomic mass is 32.1. The Morgan fingerprint density at radius 3 is 2.69 bits per heavy atom. The van der Waals surface area contributed by atoms with Crippen LogP contribution in [0.15, 0.2) is 42.6 Å². The number of hydrogen-bond acceptors (Lipinski definition) is 6. The van der Waals surface area contributed by atoms with E-state index in [1.165, 1.54) is 0 Å². The Hall–Kier alpha value is -3.20. The number of aromatic nitrogens is 3. The Balaban J connectivity index is 1.69. The van der Waals surface area contributed by atoms with Crippen molar-refractivity contribution < 1.29 is 14.3 Å². The van der Waals surface area contributed by atoms with Gasteiger partial charge in [0.15, 0.2) is 5.66 Å². The Labute approximate surface area is 171 Å². The van der Waals surface area contributed by atoms with Crippen LogP contribution < -0.4 is 4.74 Å². The van der Waals surface area contributed by atoms with E-state index in [-0.39, 0.29) is 11.8 Å². The van der Waals surface area contributed by atoms with E-state index in [1.54, 1.807) is 18.9 Å². The first-order valence-corrected chi connectivity index (χ1v) is 10.1. The third kappa shape index (κ3) is 2.43. The van der Waals surface area contributed by atoms with Crippen LogP contribution in [0, 0.1) is 6.92 Å². The quantitative estimate of drug-likeness (QED) is 0.662. The minimum atomic E-state index is -0.914. The number of amides is 2. The van der Waals surface area contributed by atoms with Gasteiger partial charge in [0.25, 0.3) is 11.8 Å². The van der Waals surface area contributed by atoms with Crippen molar-refractivity contribution in [3.8, 4) is 5.75 Å². The molecule has 2 aliphatic rings. The number of rotatable bonds is 3. The number of carbonyl (C=O) groups excluding carboxylic acids is 2. The number of carbonyl (C=O) groups is 2. The van der Waals surface area contributed by atoms with E-state index in [9.17, 15) is 9.59 Å². The summed E-state index contributed by atoms with van der Waals surface area (Å²) in [6, 6.07) is 11.3. The molecule has 0 bridgehead atoms. The van der Waals surface area contributed by atoms with E-state index >= 15 is 0 Å². The maximum Gasteiger partial charge on any atom is 0.272 e. The minimum Gasteiger partial charge on any atom is -0.497 e. The number of methoxy groups -OCH3 is 1. The lowest BCUT2D eigenvalue weighted by Crippen LogP contribution is -2.59. The molecule has 0 N–H and O–H groups in total. The number of fused-ring (bicyclic) bond motifs is 2. The lowest BCUT2D eigenvalue weighted by Gasteiger charge is -2.47. The van der Waals surface area contributed by atoms with E-state index in [0.717, 1.165) is 22.8 Å². The summed E-state index contributed by atoms with van der Waals surface area (Å²) in [4.78, 5) is 30.9. The summed E-state index contributed by atoms with van der Waals surface area (Å²) in [6.45, 7) is 3.15. The van der Waals surface area contributed by atoms with Crippen molar-refractivity contribution in [2.45, 2.75) is 19.1 Å². The van der Waals surface area contributed by atoms with E-state index in [4.69, 9.17) is 4.74 Å². The van der Waals surface area contributed by atoms with Crippen LogP contribution in [0.3, 0.4) is 0 Å². The highest BCUT2D eigenvalue weighted by molar-refractivity contribution is 7.08. The fourth-order valence-corrected chi connectivity index (χ4v) is 4.96. The van der Waals surface area contributed by atoms with Crippen LogP contribution in [0.5, 0.6) is 5.75 Å². The lowest BCUT2D eigenvalue weighted by atomic mass is 9.94. The van der Waals surface area contributed by atoms with E-state index in [0.29, 0.717) is 35.9 Å². The second-order valence-corrected chi connectivity index (χ2v) is 7.92. The fraction of sp³-hybridized carbons (Fsp3) is 0.300. The smallest absolute Gasteiger partial charge is 0.272 e. The lowest BCUT2D eigenvalue weighted by molar-refractivity contribution is -0.00574. The van der Waals surface area contributed by atoms with Gasteiger partial charge in [-0.1, -0.05) is 16.6 Å². The molecule has 0 spiro atoms. The van der Waals surface area contributed by atoms with Crippen LogP contribution >= 0.6 is 11.5 Å². The molecule has 8 nitrogen and oxygen atoms in total. The van der Waals surface area contributed by atoms with Crippen molar-refractivity contribution >= 4 is 23.3 Å². The maximum absolute atomic E-state index is 13.5. The van der Waals surface area contributed by atoms with Gasteiger partial charge in [0.2, 0.25) is 0 Å². The summed E-state index contributed by atoms with van der Waals surface area (Å²) < 4.78 is 11.1. The van der Waals surface area contributed by atoms with Crippen LogP contribution in [0.1, 0.15) is 31.4 Å². The van der Waals surface area contributed by atoms with Crippen LogP contribution in [0.25, 0.3) is 0 Å². The first-order chi connectivity index (χ1) is 14.1. The second-order valence-electron chi connectivity index (χ2n) is 7.17.